The Labute approximate surface area is 149 Å². The van der Waals surface area contributed by atoms with Crippen LogP contribution in [-0.2, 0) is 12.8 Å². The summed E-state index contributed by atoms with van der Waals surface area (Å²) < 4.78 is 40.6. The van der Waals surface area contributed by atoms with Gasteiger partial charge in [-0.25, -0.2) is 13.2 Å². The van der Waals surface area contributed by atoms with Gasteiger partial charge in [-0.15, -0.1) is 0 Å². The fourth-order valence-electron chi connectivity index (χ4n) is 3.46. The molecule has 1 aliphatic carbocycles. The maximum Gasteiger partial charge on any atom is 0.264 e. The third kappa shape index (κ3) is 3.03. The Morgan fingerprint density at radius 1 is 0.923 bits per heavy atom. The highest BCUT2D eigenvalue weighted by molar-refractivity contribution is 5.94. The van der Waals surface area contributed by atoms with Crippen LogP contribution < -0.4 is 0 Å². The molecule has 1 heterocycles. The molecule has 4 heteroatoms. The lowest BCUT2D eigenvalue weighted by Gasteiger charge is -2.13. The van der Waals surface area contributed by atoms with Gasteiger partial charge in [-0.2, -0.15) is 0 Å². The molecule has 0 radical (unpaired) electrons. The number of aryl methyl sites for hydroxylation is 2. The number of fused-ring (bicyclic) bond motifs is 2. The molecule has 26 heavy (non-hydrogen) atoms. The predicted molar refractivity (Wildman–Crippen MR) is 96.4 cm³/mol. The third-order valence-electron chi connectivity index (χ3n) is 4.70. The van der Waals surface area contributed by atoms with Gasteiger partial charge in [0.15, 0.2) is 0 Å². The Morgan fingerprint density at radius 2 is 1.77 bits per heavy atom. The van der Waals surface area contributed by atoms with E-state index in [1.54, 1.807) is 36.5 Å². The van der Waals surface area contributed by atoms with E-state index in [0.29, 0.717) is 18.4 Å². The molecule has 0 N–H and O–H groups in total. The Bertz CT molecular complexity index is 992. The summed E-state index contributed by atoms with van der Waals surface area (Å²) in [5.41, 5.74) is 4.77. The van der Waals surface area contributed by atoms with E-state index in [2.05, 4.69) is 4.98 Å². The molecule has 0 fully saturated rings. The number of pyridine rings is 1. The fraction of sp³-hybridized carbons (Fsp3) is 0.136. The summed E-state index contributed by atoms with van der Waals surface area (Å²) in [6.07, 6.45) is 2.27. The molecule has 0 amide bonds. The first-order valence-corrected chi connectivity index (χ1v) is 8.45. The molecule has 4 rings (SSSR count). The van der Waals surface area contributed by atoms with Gasteiger partial charge in [0.2, 0.25) is 0 Å². The van der Waals surface area contributed by atoms with Crippen LogP contribution in [0.25, 0.3) is 11.6 Å². The standard InChI is InChI=1S/C22H16F3N/c23-16-8-9-17-15(12-16)7-10-21-19(6-3-11-26-21)20(17)13-14-4-1-2-5-18(14)22(24)25/h1-6,8-9,11-13,22H,7,10H2/b20-13-. The molecule has 3 aromatic rings. The van der Waals surface area contributed by atoms with Crippen molar-refractivity contribution in [1.29, 1.82) is 0 Å². The summed E-state index contributed by atoms with van der Waals surface area (Å²) >= 11 is 0. The quantitative estimate of drug-likeness (QED) is 0.565. The summed E-state index contributed by atoms with van der Waals surface area (Å²) in [4.78, 5) is 4.45. The van der Waals surface area contributed by atoms with Gasteiger partial charge in [0.05, 0.1) is 0 Å². The highest BCUT2D eigenvalue weighted by Gasteiger charge is 2.20. The molecule has 130 valence electrons. The molecule has 0 aliphatic heterocycles. The van der Waals surface area contributed by atoms with Crippen LogP contribution in [0.1, 0.15) is 39.9 Å². The van der Waals surface area contributed by atoms with Crippen LogP contribution in [-0.4, -0.2) is 4.98 Å². The van der Waals surface area contributed by atoms with Gasteiger partial charge in [0.25, 0.3) is 6.43 Å². The van der Waals surface area contributed by atoms with Crippen molar-refractivity contribution in [2.45, 2.75) is 19.3 Å². The molecule has 0 saturated heterocycles. The van der Waals surface area contributed by atoms with Crippen molar-refractivity contribution in [2.75, 3.05) is 0 Å². The highest BCUT2D eigenvalue weighted by Crippen LogP contribution is 2.36. The normalized spacial score (nSPS) is 14.8. The summed E-state index contributed by atoms with van der Waals surface area (Å²) in [5, 5.41) is 0. The van der Waals surface area contributed by atoms with E-state index in [-0.39, 0.29) is 11.4 Å². The van der Waals surface area contributed by atoms with E-state index in [1.165, 1.54) is 18.2 Å². The molecule has 1 nitrogen and oxygen atoms in total. The first-order chi connectivity index (χ1) is 12.6. The van der Waals surface area contributed by atoms with Gasteiger partial charge in [-0.05, 0) is 59.4 Å². The average Bonchev–Trinajstić information content (AvgIpc) is 2.79. The van der Waals surface area contributed by atoms with Gasteiger partial charge in [0.1, 0.15) is 5.82 Å². The smallest absolute Gasteiger partial charge is 0.261 e. The Kier molecular flexibility index (Phi) is 4.33. The van der Waals surface area contributed by atoms with E-state index in [4.69, 9.17) is 0 Å². The summed E-state index contributed by atoms with van der Waals surface area (Å²) in [6.45, 7) is 0. The second kappa shape index (κ2) is 6.79. The summed E-state index contributed by atoms with van der Waals surface area (Å²) in [7, 11) is 0. The van der Waals surface area contributed by atoms with Crippen LogP contribution in [0.2, 0.25) is 0 Å². The largest absolute Gasteiger partial charge is 0.264 e. The number of hydrogen-bond donors (Lipinski definition) is 0. The first-order valence-electron chi connectivity index (χ1n) is 8.45. The van der Waals surface area contributed by atoms with Crippen molar-refractivity contribution in [1.82, 2.24) is 4.98 Å². The summed E-state index contributed by atoms with van der Waals surface area (Å²) in [5.74, 6) is -0.296. The highest BCUT2D eigenvalue weighted by atomic mass is 19.3. The van der Waals surface area contributed by atoms with Crippen LogP contribution >= 0.6 is 0 Å². The number of halogens is 3. The maximum absolute atomic E-state index is 13.7. The second-order valence-electron chi connectivity index (χ2n) is 6.29. The number of nitrogens with zero attached hydrogens (tertiary/aromatic N) is 1. The second-order valence-corrected chi connectivity index (χ2v) is 6.29. The molecule has 0 bridgehead atoms. The number of hydrogen-bond acceptors (Lipinski definition) is 1. The first kappa shape index (κ1) is 16.6. The van der Waals surface area contributed by atoms with E-state index < -0.39 is 6.43 Å². The lowest BCUT2D eigenvalue weighted by Crippen LogP contribution is -1.96. The Morgan fingerprint density at radius 3 is 2.62 bits per heavy atom. The van der Waals surface area contributed by atoms with Crippen molar-refractivity contribution in [2.24, 2.45) is 0 Å². The molecule has 0 unspecified atom stereocenters. The van der Waals surface area contributed by atoms with E-state index >= 15 is 0 Å². The molecule has 2 aromatic carbocycles. The van der Waals surface area contributed by atoms with Crippen LogP contribution in [0, 0.1) is 5.82 Å². The molecule has 1 aromatic heterocycles. The Balaban J connectivity index is 1.98. The van der Waals surface area contributed by atoms with Crippen molar-refractivity contribution in [3.8, 4) is 0 Å². The predicted octanol–water partition coefficient (Wildman–Crippen LogP) is 5.85. The number of aromatic nitrogens is 1. The van der Waals surface area contributed by atoms with Crippen molar-refractivity contribution < 1.29 is 13.2 Å². The van der Waals surface area contributed by atoms with Gasteiger partial charge in [-0.1, -0.05) is 36.4 Å². The zero-order valence-electron chi connectivity index (χ0n) is 13.9. The number of benzene rings is 2. The molecule has 0 saturated carbocycles. The summed E-state index contributed by atoms with van der Waals surface area (Å²) in [6, 6.07) is 14.9. The lowest BCUT2D eigenvalue weighted by atomic mass is 9.92. The molecular formula is C22H16F3N. The van der Waals surface area contributed by atoms with Gasteiger partial charge in [0, 0.05) is 23.0 Å². The van der Waals surface area contributed by atoms with Crippen LogP contribution in [0.4, 0.5) is 13.2 Å². The van der Waals surface area contributed by atoms with Crippen LogP contribution in [0.5, 0.6) is 0 Å². The van der Waals surface area contributed by atoms with Crippen LogP contribution in [0.15, 0.2) is 60.8 Å². The Hall–Kier alpha value is -2.88. The van der Waals surface area contributed by atoms with Crippen molar-refractivity contribution in [3.63, 3.8) is 0 Å². The third-order valence-corrected chi connectivity index (χ3v) is 4.70. The average molecular weight is 351 g/mol. The van der Waals surface area contributed by atoms with E-state index in [9.17, 15) is 13.2 Å². The topological polar surface area (TPSA) is 12.9 Å². The zero-order valence-corrected chi connectivity index (χ0v) is 13.9. The monoisotopic (exact) mass is 351 g/mol. The van der Waals surface area contributed by atoms with Gasteiger partial charge in [-0.3, -0.25) is 4.98 Å². The molecule has 0 spiro atoms. The van der Waals surface area contributed by atoms with Crippen molar-refractivity contribution in [3.05, 3.63) is 100 Å². The zero-order chi connectivity index (χ0) is 18.1. The molecular weight excluding hydrogens is 335 g/mol. The van der Waals surface area contributed by atoms with Crippen molar-refractivity contribution >= 4 is 11.6 Å². The minimum atomic E-state index is -2.56. The number of rotatable bonds is 2. The number of alkyl halides is 2. The van der Waals surface area contributed by atoms with E-state index in [1.807, 2.05) is 12.1 Å². The minimum Gasteiger partial charge on any atom is -0.261 e. The lowest BCUT2D eigenvalue weighted by molar-refractivity contribution is 0.151. The maximum atomic E-state index is 13.7. The minimum absolute atomic E-state index is 0.0154. The van der Waals surface area contributed by atoms with Gasteiger partial charge >= 0.3 is 0 Å². The molecule has 1 aliphatic rings. The van der Waals surface area contributed by atoms with Crippen LogP contribution in [0.3, 0.4) is 0 Å². The SMILES string of the molecule is Fc1ccc2c(c1)CCc1ncccc1/C2=C\c1ccccc1C(F)F. The van der Waals surface area contributed by atoms with Gasteiger partial charge < -0.3 is 0 Å². The molecule has 0 atom stereocenters. The van der Waals surface area contributed by atoms with E-state index in [0.717, 1.165) is 28.0 Å². The fourth-order valence-corrected chi connectivity index (χ4v) is 3.46.